The summed E-state index contributed by atoms with van der Waals surface area (Å²) in [6.07, 6.45) is 0. The Labute approximate surface area is 114 Å². The molecule has 19 heavy (non-hydrogen) atoms. The summed E-state index contributed by atoms with van der Waals surface area (Å²) in [6.45, 7) is 8.84. The molecule has 1 unspecified atom stereocenters. The molecule has 0 fully saturated rings. The van der Waals surface area contributed by atoms with Crippen molar-refractivity contribution < 1.29 is 0 Å². The predicted molar refractivity (Wildman–Crippen MR) is 80.4 cm³/mol. The molecule has 1 atom stereocenters. The first-order valence-electron chi connectivity index (χ1n) is 6.84. The van der Waals surface area contributed by atoms with Crippen LogP contribution in [-0.4, -0.2) is 29.6 Å². The average Bonchev–Trinajstić information content (AvgIpc) is 2.44. The van der Waals surface area contributed by atoms with E-state index in [2.05, 4.69) is 23.7 Å². The van der Waals surface area contributed by atoms with Crippen LogP contribution < -0.4 is 10.6 Å². The van der Waals surface area contributed by atoms with Crippen molar-refractivity contribution in [3.8, 4) is 0 Å². The molecule has 2 aromatic rings. The fourth-order valence-electron chi connectivity index (χ4n) is 2.19. The number of para-hydroxylation sites is 2. The Morgan fingerprint density at radius 1 is 1.21 bits per heavy atom. The SMILES string of the molecule is CCN(CC(C)CN)c1nc2ccccc2nc1C. The van der Waals surface area contributed by atoms with Gasteiger partial charge in [-0.05, 0) is 38.4 Å². The number of anilines is 1. The van der Waals surface area contributed by atoms with E-state index >= 15 is 0 Å². The number of fused-ring (bicyclic) bond motifs is 1. The molecule has 2 N–H and O–H groups in total. The van der Waals surface area contributed by atoms with Crippen molar-refractivity contribution in [2.75, 3.05) is 24.5 Å². The minimum absolute atomic E-state index is 0.452. The number of hydrogen-bond donors (Lipinski definition) is 1. The minimum Gasteiger partial charge on any atom is -0.355 e. The van der Waals surface area contributed by atoms with Crippen LogP contribution in [0.4, 0.5) is 5.82 Å². The van der Waals surface area contributed by atoms with Gasteiger partial charge in [0, 0.05) is 13.1 Å². The highest BCUT2D eigenvalue weighted by molar-refractivity contribution is 5.76. The van der Waals surface area contributed by atoms with Crippen molar-refractivity contribution in [3.05, 3.63) is 30.0 Å². The predicted octanol–water partition coefficient (Wildman–Crippen LogP) is 2.36. The van der Waals surface area contributed by atoms with E-state index in [4.69, 9.17) is 10.7 Å². The summed E-state index contributed by atoms with van der Waals surface area (Å²) in [6, 6.07) is 7.99. The van der Waals surface area contributed by atoms with Crippen LogP contribution >= 0.6 is 0 Å². The molecule has 1 heterocycles. The first-order chi connectivity index (χ1) is 9.15. The Kier molecular flexibility index (Phi) is 4.32. The molecule has 4 nitrogen and oxygen atoms in total. The zero-order valence-corrected chi connectivity index (χ0v) is 11.9. The van der Waals surface area contributed by atoms with E-state index in [9.17, 15) is 0 Å². The third-order valence-corrected chi connectivity index (χ3v) is 3.34. The van der Waals surface area contributed by atoms with Gasteiger partial charge < -0.3 is 10.6 Å². The van der Waals surface area contributed by atoms with Crippen molar-refractivity contribution in [2.24, 2.45) is 11.7 Å². The number of aryl methyl sites for hydroxylation is 1. The van der Waals surface area contributed by atoms with E-state index in [0.29, 0.717) is 12.5 Å². The molecule has 0 aliphatic heterocycles. The smallest absolute Gasteiger partial charge is 0.150 e. The normalized spacial score (nSPS) is 12.6. The fourth-order valence-corrected chi connectivity index (χ4v) is 2.19. The summed E-state index contributed by atoms with van der Waals surface area (Å²) in [5.74, 6) is 1.43. The second-order valence-electron chi connectivity index (χ2n) is 5.00. The monoisotopic (exact) mass is 258 g/mol. The maximum Gasteiger partial charge on any atom is 0.150 e. The fraction of sp³-hybridized carbons (Fsp3) is 0.467. The Morgan fingerprint density at radius 2 is 1.84 bits per heavy atom. The van der Waals surface area contributed by atoms with Gasteiger partial charge in [-0.3, -0.25) is 0 Å². The van der Waals surface area contributed by atoms with Crippen molar-refractivity contribution in [1.82, 2.24) is 9.97 Å². The second-order valence-corrected chi connectivity index (χ2v) is 5.00. The van der Waals surface area contributed by atoms with Crippen LogP contribution in [0.1, 0.15) is 19.5 Å². The largest absolute Gasteiger partial charge is 0.355 e. The van der Waals surface area contributed by atoms with Gasteiger partial charge in [-0.25, -0.2) is 9.97 Å². The number of rotatable bonds is 5. The molecule has 1 aromatic heterocycles. The number of nitrogens with two attached hydrogens (primary N) is 1. The summed E-state index contributed by atoms with van der Waals surface area (Å²) in [5.41, 5.74) is 8.59. The van der Waals surface area contributed by atoms with Gasteiger partial charge in [-0.1, -0.05) is 19.1 Å². The van der Waals surface area contributed by atoms with E-state index < -0.39 is 0 Å². The molecule has 0 spiro atoms. The van der Waals surface area contributed by atoms with Gasteiger partial charge in [0.05, 0.1) is 16.7 Å². The Bertz CT molecular complexity index is 553. The van der Waals surface area contributed by atoms with Crippen LogP contribution in [0.2, 0.25) is 0 Å². The molecule has 2 rings (SSSR count). The molecule has 0 saturated heterocycles. The van der Waals surface area contributed by atoms with Gasteiger partial charge in [0.25, 0.3) is 0 Å². The summed E-state index contributed by atoms with van der Waals surface area (Å²) in [7, 11) is 0. The van der Waals surface area contributed by atoms with Gasteiger partial charge in [-0.2, -0.15) is 0 Å². The highest BCUT2D eigenvalue weighted by Gasteiger charge is 2.14. The lowest BCUT2D eigenvalue weighted by Gasteiger charge is -2.26. The molecule has 102 valence electrons. The maximum atomic E-state index is 5.72. The molecule has 4 heteroatoms. The van der Waals surface area contributed by atoms with Gasteiger partial charge in [0.1, 0.15) is 0 Å². The first kappa shape index (κ1) is 13.7. The summed E-state index contributed by atoms with van der Waals surface area (Å²) < 4.78 is 0. The highest BCUT2D eigenvalue weighted by atomic mass is 15.2. The minimum atomic E-state index is 0.452. The Balaban J connectivity index is 2.39. The van der Waals surface area contributed by atoms with Gasteiger partial charge in [0.15, 0.2) is 5.82 Å². The molecule has 0 bridgehead atoms. The van der Waals surface area contributed by atoms with Crippen LogP contribution in [-0.2, 0) is 0 Å². The summed E-state index contributed by atoms with van der Waals surface area (Å²) in [5, 5.41) is 0. The lowest BCUT2D eigenvalue weighted by Crippen LogP contribution is -2.32. The molecule has 0 radical (unpaired) electrons. The van der Waals surface area contributed by atoms with E-state index in [1.165, 1.54) is 0 Å². The summed E-state index contributed by atoms with van der Waals surface area (Å²) >= 11 is 0. The van der Waals surface area contributed by atoms with Crippen LogP contribution in [0.25, 0.3) is 11.0 Å². The lowest BCUT2D eigenvalue weighted by molar-refractivity contribution is 0.572. The Hall–Kier alpha value is -1.68. The third kappa shape index (κ3) is 3.01. The van der Waals surface area contributed by atoms with Gasteiger partial charge in [-0.15, -0.1) is 0 Å². The van der Waals surface area contributed by atoms with Gasteiger partial charge in [0.2, 0.25) is 0 Å². The molecule has 1 aromatic carbocycles. The summed E-state index contributed by atoms with van der Waals surface area (Å²) in [4.78, 5) is 11.7. The molecule has 0 saturated carbocycles. The van der Waals surface area contributed by atoms with E-state index in [0.717, 1.165) is 35.6 Å². The molecule has 0 amide bonds. The van der Waals surface area contributed by atoms with E-state index in [1.807, 2.05) is 31.2 Å². The Morgan fingerprint density at radius 3 is 2.42 bits per heavy atom. The van der Waals surface area contributed by atoms with E-state index in [1.54, 1.807) is 0 Å². The second kappa shape index (κ2) is 5.97. The number of nitrogens with zero attached hydrogens (tertiary/aromatic N) is 3. The van der Waals surface area contributed by atoms with E-state index in [-0.39, 0.29) is 0 Å². The zero-order chi connectivity index (χ0) is 13.8. The molecule has 0 aliphatic carbocycles. The van der Waals surface area contributed by atoms with Crippen molar-refractivity contribution in [2.45, 2.75) is 20.8 Å². The highest BCUT2D eigenvalue weighted by Crippen LogP contribution is 2.20. The molecule has 0 aliphatic rings. The quantitative estimate of drug-likeness (QED) is 0.894. The van der Waals surface area contributed by atoms with Crippen molar-refractivity contribution in [1.29, 1.82) is 0 Å². The number of aromatic nitrogens is 2. The lowest BCUT2D eigenvalue weighted by atomic mass is 10.1. The topological polar surface area (TPSA) is 55.0 Å². The van der Waals surface area contributed by atoms with Crippen LogP contribution in [0.5, 0.6) is 0 Å². The van der Waals surface area contributed by atoms with Crippen molar-refractivity contribution >= 4 is 16.9 Å². The zero-order valence-electron chi connectivity index (χ0n) is 11.9. The third-order valence-electron chi connectivity index (χ3n) is 3.34. The standard InChI is InChI=1S/C15H22N4/c1-4-19(10-11(2)9-16)15-12(3)17-13-7-5-6-8-14(13)18-15/h5-8,11H,4,9-10,16H2,1-3H3. The van der Waals surface area contributed by atoms with Crippen LogP contribution in [0.3, 0.4) is 0 Å². The first-order valence-corrected chi connectivity index (χ1v) is 6.84. The molecular formula is C15H22N4. The molecular weight excluding hydrogens is 236 g/mol. The number of benzene rings is 1. The maximum absolute atomic E-state index is 5.72. The average molecular weight is 258 g/mol. The van der Waals surface area contributed by atoms with Gasteiger partial charge >= 0.3 is 0 Å². The van der Waals surface area contributed by atoms with Crippen molar-refractivity contribution in [3.63, 3.8) is 0 Å². The number of hydrogen-bond acceptors (Lipinski definition) is 4. The van der Waals surface area contributed by atoms with Crippen LogP contribution in [0.15, 0.2) is 24.3 Å². The van der Waals surface area contributed by atoms with Crippen LogP contribution in [0, 0.1) is 12.8 Å².